The van der Waals surface area contributed by atoms with E-state index in [1.807, 2.05) is 10.6 Å². The second-order valence-corrected chi connectivity index (χ2v) is 9.78. The number of carbonyl (C=O) groups excluding carboxylic acids is 1. The van der Waals surface area contributed by atoms with Crippen LogP contribution in [0, 0.1) is 0 Å². The van der Waals surface area contributed by atoms with Gasteiger partial charge >= 0.3 is 5.91 Å². The van der Waals surface area contributed by atoms with Gasteiger partial charge in [0, 0.05) is 31.6 Å². The standard InChI is InChI=1S/C27H33N2O2/c1-20(29-24-13-7-5-9-21(24)11-8-14-25(29)30)26(2,3)28-17-15-27(16-18-28)23-12-6-4-10-22(23)19-31-27/h4-7,9-10,12-13H,8,11,14-19H2,1-3H3/q+1. The highest BCUT2D eigenvalue weighted by atomic mass is 16.5. The van der Waals surface area contributed by atoms with E-state index in [1.165, 1.54) is 16.7 Å². The highest BCUT2D eigenvalue weighted by molar-refractivity contribution is 5.92. The summed E-state index contributed by atoms with van der Waals surface area (Å²) < 4.78 is 8.38. The summed E-state index contributed by atoms with van der Waals surface area (Å²) in [5.74, 6) is 0.219. The van der Waals surface area contributed by atoms with Gasteiger partial charge in [0.2, 0.25) is 5.69 Å². The van der Waals surface area contributed by atoms with Crippen molar-refractivity contribution in [2.45, 2.75) is 70.6 Å². The number of fused-ring (bicyclic) bond motifs is 3. The van der Waals surface area contributed by atoms with Crippen LogP contribution < -0.4 is 0 Å². The van der Waals surface area contributed by atoms with E-state index in [-0.39, 0.29) is 17.0 Å². The van der Waals surface area contributed by atoms with Gasteiger partial charge in [0.25, 0.3) is 0 Å². The van der Waals surface area contributed by atoms with Crippen molar-refractivity contribution in [3.63, 3.8) is 0 Å². The van der Waals surface area contributed by atoms with Crippen LogP contribution in [0.3, 0.4) is 0 Å². The first-order chi connectivity index (χ1) is 14.9. The van der Waals surface area contributed by atoms with Gasteiger partial charge in [0.15, 0.2) is 5.71 Å². The Morgan fingerprint density at radius 3 is 2.45 bits per heavy atom. The number of carbonyl (C=O) groups is 1. The van der Waals surface area contributed by atoms with E-state index in [0.717, 1.165) is 56.8 Å². The molecule has 3 heterocycles. The van der Waals surface area contributed by atoms with E-state index in [1.54, 1.807) is 0 Å². The fourth-order valence-electron chi connectivity index (χ4n) is 5.71. The topological polar surface area (TPSA) is 32.5 Å². The number of likely N-dealkylation sites (tertiary alicyclic amines) is 1. The van der Waals surface area contributed by atoms with Crippen molar-refractivity contribution < 1.29 is 14.1 Å². The third-order valence-electron chi connectivity index (χ3n) is 7.91. The summed E-state index contributed by atoms with van der Waals surface area (Å²) in [5, 5.41) is 0. The summed E-state index contributed by atoms with van der Waals surface area (Å²) in [4.78, 5) is 15.7. The van der Waals surface area contributed by atoms with Gasteiger partial charge in [-0.3, -0.25) is 4.90 Å². The third-order valence-corrected chi connectivity index (χ3v) is 7.91. The van der Waals surface area contributed by atoms with Gasteiger partial charge in [0.1, 0.15) is 0 Å². The molecule has 0 bridgehead atoms. The van der Waals surface area contributed by atoms with Gasteiger partial charge in [0.05, 0.1) is 24.2 Å². The van der Waals surface area contributed by atoms with E-state index < -0.39 is 0 Å². The molecular formula is C27H33N2O2+. The second kappa shape index (κ2) is 7.68. The number of piperidine rings is 1. The first kappa shape index (κ1) is 20.6. The molecule has 1 spiro atoms. The average Bonchev–Trinajstić information content (AvgIpc) is 3.03. The number of amides is 1. The van der Waals surface area contributed by atoms with Gasteiger partial charge in [-0.25, -0.2) is 4.79 Å². The highest BCUT2D eigenvalue weighted by Crippen LogP contribution is 2.45. The summed E-state index contributed by atoms with van der Waals surface area (Å²) in [6, 6.07) is 17.1. The Morgan fingerprint density at radius 2 is 1.68 bits per heavy atom. The minimum Gasteiger partial charge on any atom is -0.365 e. The molecule has 0 N–H and O–H groups in total. The highest BCUT2D eigenvalue weighted by Gasteiger charge is 2.47. The van der Waals surface area contributed by atoms with Crippen LogP contribution in [-0.4, -0.2) is 39.7 Å². The molecule has 5 rings (SSSR count). The maximum absolute atomic E-state index is 13.2. The number of nitrogens with zero attached hydrogens (tertiary/aromatic N) is 2. The molecule has 0 aliphatic carbocycles. The molecule has 2 aromatic carbocycles. The van der Waals surface area contributed by atoms with Crippen molar-refractivity contribution >= 4 is 17.3 Å². The van der Waals surface area contributed by atoms with Crippen LogP contribution in [0.1, 0.15) is 63.1 Å². The molecule has 0 aromatic heterocycles. The van der Waals surface area contributed by atoms with Crippen LogP contribution in [0.15, 0.2) is 48.5 Å². The van der Waals surface area contributed by atoms with Crippen molar-refractivity contribution in [2.24, 2.45) is 0 Å². The SMILES string of the molecule is CC(=[N+]1C(=O)CCCc2ccccc21)C(C)(C)N1CCC2(CC1)OCc1ccccc12. The monoisotopic (exact) mass is 417 g/mol. The van der Waals surface area contributed by atoms with Crippen LogP contribution >= 0.6 is 0 Å². The number of benzene rings is 2. The van der Waals surface area contributed by atoms with Crippen molar-refractivity contribution in [2.75, 3.05) is 13.1 Å². The fourth-order valence-corrected chi connectivity index (χ4v) is 5.71. The van der Waals surface area contributed by atoms with Gasteiger partial charge < -0.3 is 4.74 Å². The molecule has 1 fully saturated rings. The van der Waals surface area contributed by atoms with Crippen molar-refractivity contribution in [3.8, 4) is 0 Å². The predicted molar refractivity (Wildman–Crippen MR) is 123 cm³/mol. The maximum Gasteiger partial charge on any atom is 0.392 e. The zero-order valence-electron chi connectivity index (χ0n) is 19.0. The Kier molecular flexibility index (Phi) is 5.10. The third kappa shape index (κ3) is 3.37. The lowest BCUT2D eigenvalue weighted by Gasteiger charge is -2.45. The van der Waals surface area contributed by atoms with E-state index in [2.05, 4.69) is 68.1 Å². The lowest BCUT2D eigenvalue weighted by molar-refractivity contribution is -0.372. The van der Waals surface area contributed by atoms with Crippen LogP contribution in [0.2, 0.25) is 0 Å². The minimum absolute atomic E-state index is 0.137. The molecule has 2 aromatic rings. The largest absolute Gasteiger partial charge is 0.392 e. The molecule has 0 atom stereocenters. The summed E-state index contributed by atoms with van der Waals surface area (Å²) in [7, 11) is 0. The molecule has 0 saturated carbocycles. The molecule has 162 valence electrons. The molecule has 3 aliphatic rings. The molecular weight excluding hydrogens is 384 g/mol. The number of aryl methyl sites for hydroxylation is 1. The number of rotatable bonds is 2. The Morgan fingerprint density at radius 1 is 1.00 bits per heavy atom. The lowest BCUT2D eigenvalue weighted by atomic mass is 9.81. The van der Waals surface area contributed by atoms with Crippen LogP contribution in [0.4, 0.5) is 5.69 Å². The van der Waals surface area contributed by atoms with Gasteiger partial charge in [-0.2, -0.15) is 0 Å². The number of hydrogen-bond acceptors (Lipinski definition) is 3. The molecule has 3 aliphatic heterocycles. The molecule has 31 heavy (non-hydrogen) atoms. The second-order valence-electron chi connectivity index (χ2n) is 9.78. The van der Waals surface area contributed by atoms with Crippen LogP contribution in [-0.2, 0) is 28.2 Å². The first-order valence-corrected chi connectivity index (χ1v) is 11.6. The zero-order valence-corrected chi connectivity index (χ0v) is 19.0. The Bertz CT molecular complexity index is 1040. The summed E-state index contributed by atoms with van der Waals surface area (Å²) in [6.45, 7) is 9.33. The van der Waals surface area contributed by atoms with E-state index in [0.29, 0.717) is 6.42 Å². The number of ether oxygens (including phenoxy) is 1. The number of para-hydroxylation sites is 1. The molecule has 1 saturated heterocycles. The lowest BCUT2D eigenvalue weighted by Crippen LogP contribution is -2.56. The molecule has 4 nitrogen and oxygen atoms in total. The smallest absolute Gasteiger partial charge is 0.365 e. The van der Waals surface area contributed by atoms with E-state index in [9.17, 15) is 4.79 Å². The fraction of sp³-hybridized carbons (Fsp3) is 0.481. The average molecular weight is 418 g/mol. The normalized spacial score (nSPS) is 22.7. The van der Waals surface area contributed by atoms with Crippen molar-refractivity contribution in [1.29, 1.82) is 0 Å². The van der Waals surface area contributed by atoms with Crippen LogP contribution in [0.25, 0.3) is 0 Å². The summed E-state index contributed by atoms with van der Waals surface area (Å²) in [5.41, 5.74) is 5.83. The van der Waals surface area contributed by atoms with Gasteiger partial charge in [-0.05, 0) is 50.7 Å². The van der Waals surface area contributed by atoms with Crippen LogP contribution in [0.5, 0.6) is 0 Å². The molecule has 4 heteroatoms. The van der Waals surface area contributed by atoms with Crippen molar-refractivity contribution in [3.05, 3.63) is 65.2 Å². The number of hydrogen-bond donors (Lipinski definition) is 0. The van der Waals surface area contributed by atoms with E-state index >= 15 is 0 Å². The Balaban J connectivity index is 1.44. The summed E-state index contributed by atoms with van der Waals surface area (Å²) >= 11 is 0. The van der Waals surface area contributed by atoms with Crippen molar-refractivity contribution in [1.82, 2.24) is 4.90 Å². The molecule has 1 amide bonds. The first-order valence-electron chi connectivity index (χ1n) is 11.6. The minimum atomic E-state index is -0.215. The summed E-state index contributed by atoms with van der Waals surface area (Å²) in [6.07, 6.45) is 4.48. The van der Waals surface area contributed by atoms with Gasteiger partial charge in [-0.15, -0.1) is 4.58 Å². The Labute approximate surface area is 185 Å². The zero-order chi connectivity index (χ0) is 21.6. The Hall–Kier alpha value is -2.30. The van der Waals surface area contributed by atoms with Gasteiger partial charge in [-0.1, -0.05) is 42.5 Å². The maximum atomic E-state index is 13.2. The van der Waals surface area contributed by atoms with E-state index in [4.69, 9.17) is 4.74 Å². The predicted octanol–water partition coefficient (Wildman–Crippen LogP) is 4.95. The molecule has 0 unspecified atom stereocenters. The molecule has 0 radical (unpaired) electrons. The quantitative estimate of drug-likeness (QED) is 0.648.